The van der Waals surface area contributed by atoms with Gasteiger partial charge in [0, 0.05) is 18.1 Å². The van der Waals surface area contributed by atoms with Crippen molar-refractivity contribution in [3.05, 3.63) is 59.2 Å². The zero-order valence-electron chi connectivity index (χ0n) is 14.0. The van der Waals surface area contributed by atoms with Gasteiger partial charge in [-0.25, -0.2) is 13.5 Å². The molecule has 3 heterocycles. The van der Waals surface area contributed by atoms with Crippen LogP contribution in [0, 0.1) is 0 Å². The number of fused-ring (bicyclic) bond motifs is 1. The van der Waals surface area contributed by atoms with Gasteiger partial charge < -0.3 is 10.6 Å². The van der Waals surface area contributed by atoms with Crippen LogP contribution in [0.5, 0.6) is 0 Å². The minimum absolute atomic E-state index is 0.227. The first kappa shape index (κ1) is 16.4. The van der Waals surface area contributed by atoms with E-state index in [0.717, 1.165) is 28.7 Å². The summed E-state index contributed by atoms with van der Waals surface area (Å²) >= 11 is 0. The quantitative estimate of drug-likeness (QED) is 0.880. The molecule has 2 aromatic heterocycles. The molecule has 1 fully saturated rings. The maximum Gasteiger partial charge on any atom is 0.280 e. The number of anilines is 1. The van der Waals surface area contributed by atoms with Crippen molar-refractivity contribution in [3.63, 3.8) is 0 Å². The molecule has 26 heavy (non-hydrogen) atoms. The highest BCUT2D eigenvalue weighted by Gasteiger charge is 2.30. The number of rotatable bonds is 4. The predicted molar refractivity (Wildman–Crippen MR) is 92.5 cm³/mol. The second-order valence-corrected chi connectivity index (χ2v) is 6.31. The number of alkyl halides is 2. The van der Waals surface area contributed by atoms with E-state index in [1.54, 1.807) is 12.4 Å². The van der Waals surface area contributed by atoms with E-state index in [1.165, 1.54) is 12.3 Å². The Kier molecular flexibility index (Phi) is 4.02. The monoisotopic (exact) mass is 357 g/mol. The molecule has 134 valence electrons. The number of halogens is 2. The van der Waals surface area contributed by atoms with Crippen LogP contribution in [0.1, 0.15) is 41.7 Å². The molecule has 1 unspecified atom stereocenters. The summed E-state index contributed by atoms with van der Waals surface area (Å²) in [4.78, 5) is 16.6. The van der Waals surface area contributed by atoms with E-state index >= 15 is 0 Å². The van der Waals surface area contributed by atoms with Crippen molar-refractivity contribution in [2.45, 2.75) is 32.2 Å². The Morgan fingerprint density at radius 1 is 1.31 bits per heavy atom. The van der Waals surface area contributed by atoms with E-state index in [0.29, 0.717) is 5.70 Å². The SMILES string of the molecule is CC(NC(=O)c1cnn2c1NC(=C1CC1)C=C2C(F)F)c1ccncc1. The molecule has 0 bridgehead atoms. The number of allylic oxidation sites excluding steroid dienone is 3. The zero-order chi connectivity index (χ0) is 18.3. The second-order valence-electron chi connectivity index (χ2n) is 6.31. The number of amides is 1. The van der Waals surface area contributed by atoms with Gasteiger partial charge in [0.1, 0.15) is 17.1 Å². The molecule has 0 radical (unpaired) electrons. The molecule has 2 aliphatic rings. The van der Waals surface area contributed by atoms with Crippen LogP contribution in [0.25, 0.3) is 5.70 Å². The van der Waals surface area contributed by atoms with E-state index in [4.69, 9.17) is 0 Å². The van der Waals surface area contributed by atoms with E-state index in [2.05, 4.69) is 20.7 Å². The van der Waals surface area contributed by atoms with Crippen molar-refractivity contribution < 1.29 is 13.6 Å². The van der Waals surface area contributed by atoms with Crippen LogP contribution in [0.4, 0.5) is 14.6 Å². The maximum atomic E-state index is 13.4. The van der Waals surface area contributed by atoms with E-state index in [1.807, 2.05) is 19.1 Å². The van der Waals surface area contributed by atoms with Gasteiger partial charge in [-0.3, -0.25) is 9.78 Å². The van der Waals surface area contributed by atoms with Gasteiger partial charge in [-0.1, -0.05) is 0 Å². The third kappa shape index (κ3) is 2.98. The van der Waals surface area contributed by atoms with Gasteiger partial charge in [-0.2, -0.15) is 5.10 Å². The molecular weight excluding hydrogens is 340 g/mol. The lowest BCUT2D eigenvalue weighted by Crippen LogP contribution is -2.28. The van der Waals surface area contributed by atoms with E-state index in [9.17, 15) is 13.6 Å². The normalized spacial score (nSPS) is 16.7. The van der Waals surface area contributed by atoms with Crippen LogP contribution >= 0.6 is 0 Å². The van der Waals surface area contributed by atoms with Gasteiger partial charge in [-0.05, 0) is 49.1 Å². The smallest absolute Gasteiger partial charge is 0.280 e. The minimum Gasteiger partial charge on any atom is -0.345 e. The third-order valence-electron chi connectivity index (χ3n) is 4.46. The Balaban J connectivity index is 1.63. The van der Waals surface area contributed by atoms with Crippen molar-refractivity contribution in [1.82, 2.24) is 20.1 Å². The molecule has 1 saturated carbocycles. The topological polar surface area (TPSA) is 71.8 Å². The number of carbonyl (C=O) groups excluding carboxylic acids is 1. The van der Waals surface area contributed by atoms with Crippen LogP contribution in [0.15, 0.2) is 48.1 Å². The fraction of sp³-hybridized carbons (Fsp3) is 0.278. The van der Waals surface area contributed by atoms with Gasteiger partial charge >= 0.3 is 0 Å². The molecule has 0 spiro atoms. The van der Waals surface area contributed by atoms with Gasteiger partial charge in [-0.15, -0.1) is 0 Å². The largest absolute Gasteiger partial charge is 0.345 e. The molecule has 2 aromatic rings. The van der Waals surface area contributed by atoms with Crippen LogP contribution < -0.4 is 10.6 Å². The number of pyridine rings is 1. The number of hydrogen-bond acceptors (Lipinski definition) is 4. The molecule has 1 aliphatic carbocycles. The van der Waals surface area contributed by atoms with Gasteiger partial charge in [0.25, 0.3) is 12.3 Å². The first-order valence-electron chi connectivity index (χ1n) is 8.32. The van der Waals surface area contributed by atoms with E-state index < -0.39 is 6.43 Å². The summed E-state index contributed by atoms with van der Waals surface area (Å²) in [6, 6.07) is 3.37. The zero-order valence-corrected chi connectivity index (χ0v) is 14.0. The molecule has 4 rings (SSSR count). The van der Waals surface area contributed by atoms with Crippen molar-refractivity contribution in [2.24, 2.45) is 0 Å². The Hall–Kier alpha value is -3.03. The summed E-state index contributed by atoms with van der Waals surface area (Å²) in [5.41, 5.74) is 2.62. The second kappa shape index (κ2) is 6.36. The molecular formula is C18H17F2N5O. The molecule has 2 N–H and O–H groups in total. The summed E-state index contributed by atoms with van der Waals surface area (Å²) < 4.78 is 27.9. The first-order chi connectivity index (χ1) is 12.5. The molecule has 1 atom stereocenters. The molecule has 6 nitrogen and oxygen atoms in total. The van der Waals surface area contributed by atoms with Crippen molar-refractivity contribution in [3.8, 4) is 0 Å². The Morgan fingerprint density at radius 2 is 2.04 bits per heavy atom. The average molecular weight is 357 g/mol. The number of nitrogens with one attached hydrogen (secondary N) is 2. The number of carbonyl (C=O) groups is 1. The number of nitrogens with zero attached hydrogens (tertiary/aromatic N) is 3. The Labute approximate surface area is 148 Å². The van der Waals surface area contributed by atoms with Crippen LogP contribution in [0.3, 0.4) is 0 Å². The van der Waals surface area contributed by atoms with Crippen molar-refractivity contribution in [2.75, 3.05) is 5.32 Å². The van der Waals surface area contributed by atoms with Gasteiger partial charge in [0.2, 0.25) is 0 Å². The molecule has 1 aliphatic heterocycles. The minimum atomic E-state index is -2.68. The Bertz CT molecular complexity index is 911. The lowest BCUT2D eigenvalue weighted by molar-refractivity contribution is 0.0940. The highest BCUT2D eigenvalue weighted by Crippen LogP contribution is 2.38. The van der Waals surface area contributed by atoms with Gasteiger partial charge in [0.15, 0.2) is 0 Å². The first-order valence-corrected chi connectivity index (χ1v) is 8.32. The predicted octanol–water partition coefficient (Wildman–Crippen LogP) is 3.35. The fourth-order valence-electron chi connectivity index (χ4n) is 2.89. The third-order valence-corrected chi connectivity index (χ3v) is 4.46. The summed E-state index contributed by atoms with van der Waals surface area (Å²) in [6.45, 7) is 1.85. The van der Waals surface area contributed by atoms with E-state index in [-0.39, 0.29) is 29.0 Å². The summed E-state index contributed by atoms with van der Waals surface area (Å²) in [5, 5.41) is 9.94. The van der Waals surface area contributed by atoms with Crippen molar-refractivity contribution in [1.29, 1.82) is 0 Å². The summed E-state index contributed by atoms with van der Waals surface area (Å²) in [7, 11) is 0. The number of aromatic nitrogens is 3. The summed E-state index contributed by atoms with van der Waals surface area (Å²) in [6.07, 6.45) is 5.09. The molecule has 8 heteroatoms. The Morgan fingerprint density at radius 3 is 2.69 bits per heavy atom. The van der Waals surface area contributed by atoms with Crippen LogP contribution in [-0.4, -0.2) is 27.1 Å². The van der Waals surface area contributed by atoms with Gasteiger partial charge in [0.05, 0.1) is 12.2 Å². The highest BCUT2D eigenvalue weighted by atomic mass is 19.3. The lowest BCUT2D eigenvalue weighted by atomic mass is 10.1. The standard InChI is InChI=1S/C18H17F2N5O/c1-10(11-4-6-21-7-5-11)23-18(26)13-9-22-25-15(16(19)20)8-14(12-2-3-12)24-17(13)25/h4-10,16,24H,2-3H2,1H3,(H,23,26). The molecule has 1 amide bonds. The molecule has 0 saturated heterocycles. The maximum absolute atomic E-state index is 13.4. The number of hydrogen-bond donors (Lipinski definition) is 2. The fourth-order valence-corrected chi connectivity index (χ4v) is 2.89. The van der Waals surface area contributed by atoms with Crippen LogP contribution in [-0.2, 0) is 0 Å². The average Bonchev–Trinajstić information content (AvgIpc) is 3.40. The van der Waals surface area contributed by atoms with Crippen LogP contribution in [0.2, 0.25) is 0 Å². The molecule has 0 aromatic carbocycles. The lowest BCUT2D eigenvalue weighted by Gasteiger charge is -2.21. The summed E-state index contributed by atoms with van der Waals surface area (Å²) in [5.74, 6) is -0.102. The van der Waals surface area contributed by atoms with Crippen molar-refractivity contribution >= 4 is 17.4 Å². The highest BCUT2D eigenvalue weighted by molar-refractivity contribution is 6.00.